The molecule has 1 aliphatic carbocycles. The number of ether oxygens (including phenoxy) is 2. The van der Waals surface area contributed by atoms with Crippen molar-refractivity contribution in [3.8, 4) is 11.5 Å². The maximum Gasteiger partial charge on any atom is 0.211 e. The number of nitrogens with zero attached hydrogens (tertiary/aromatic N) is 1. The Kier molecular flexibility index (Phi) is 8.37. The Bertz CT molecular complexity index is 1070. The molecule has 3 atom stereocenters. The zero-order valence-corrected chi connectivity index (χ0v) is 21.7. The number of methoxy groups -OCH3 is 1. The molecule has 0 spiro atoms. The lowest BCUT2D eigenvalue weighted by Gasteiger charge is -2.33. The molecule has 2 fully saturated rings. The van der Waals surface area contributed by atoms with Gasteiger partial charge in [-0.15, -0.1) is 0 Å². The number of aromatic hydroxyl groups is 1. The van der Waals surface area contributed by atoms with E-state index in [1.54, 1.807) is 17.5 Å². The second-order valence-electron chi connectivity index (χ2n) is 10.0. The summed E-state index contributed by atoms with van der Waals surface area (Å²) in [5.41, 5.74) is 2.12. The minimum absolute atomic E-state index is 0.0539. The third-order valence-electron chi connectivity index (χ3n) is 7.38. The van der Waals surface area contributed by atoms with Crippen LogP contribution >= 0.6 is 0 Å². The van der Waals surface area contributed by atoms with Gasteiger partial charge >= 0.3 is 0 Å². The number of nitrogens with one attached hydrogen (secondary N) is 1. The molecule has 2 N–H and O–H groups in total. The first-order valence-electron chi connectivity index (χ1n) is 12.5. The summed E-state index contributed by atoms with van der Waals surface area (Å²) in [5, 5.41) is 13.3. The van der Waals surface area contributed by atoms with Gasteiger partial charge in [0.1, 0.15) is 11.5 Å². The number of phenolic OH excluding ortho intramolecular Hbond substituents is 1. The maximum atomic E-state index is 12.8. The molecule has 1 saturated carbocycles. The van der Waals surface area contributed by atoms with Crippen molar-refractivity contribution < 1.29 is 23.0 Å². The molecule has 2 aromatic rings. The van der Waals surface area contributed by atoms with Gasteiger partial charge in [-0.05, 0) is 80.3 Å². The molecule has 35 heavy (non-hydrogen) atoms. The third kappa shape index (κ3) is 6.76. The molecule has 0 bridgehead atoms. The minimum atomic E-state index is -3.42. The van der Waals surface area contributed by atoms with Crippen LogP contribution in [0, 0.1) is 0 Å². The number of benzene rings is 2. The lowest BCUT2D eigenvalue weighted by atomic mass is 9.82. The molecule has 1 unspecified atom stereocenters. The predicted molar refractivity (Wildman–Crippen MR) is 137 cm³/mol. The van der Waals surface area contributed by atoms with E-state index in [4.69, 9.17) is 9.47 Å². The van der Waals surface area contributed by atoms with Crippen LogP contribution in [-0.4, -0.2) is 62.0 Å². The van der Waals surface area contributed by atoms with Gasteiger partial charge in [0.15, 0.2) is 0 Å². The highest BCUT2D eigenvalue weighted by Crippen LogP contribution is 2.35. The molecule has 2 aliphatic rings. The van der Waals surface area contributed by atoms with Gasteiger partial charge in [0, 0.05) is 24.7 Å². The number of rotatable bonds is 9. The molecule has 0 radical (unpaired) electrons. The van der Waals surface area contributed by atoms with E-state index < -0.39 is 10.0 Å². The fourth-order valence-corrected chi connectivity index (χ4v) is 6.63. The van der Waals surface area contributed by atoms with Crippen LogP contribution in [0.1, 0.15) is 56.1 Å². The highest BCUT2D eigenvalue weighted by Gasteiger charge is 2.40. The van der Waals surface area contributed by atoms with Gasteiger partial charge in [-0.3, -0.25) is 0 Å². The van der Waals surface area contributed by atoms with E-state index in [2.05, 4.69) is 18.3 Å². The highest BCUT2D eigenvalue weighted by molar-refractivity contribution is 7.88. The number of sulfonamides is 1. The summed E-state index contributed by atoms with van der Waals surface area (Å²) in [4.78, 5) is 0. The SMILES string of the molecule is COc1ccc(CN(C2C[C@@H](C)N[C@H]2COC2CCC(c3cccc(O)c3)CC2)S(C)(=O)=O)cc1. The first kappa shape index (κ1) is 25.9. The molecule has 2 aromatic carbocycles. The van der Waals surface area contributed by atoms with Gasteiger partial charge in [-0.2, -0.15) is 4.31 Å². The highest BCUT2D eigenvalue weighted by atomic mass is 32.2. The van der Waals surface area contributed by atoms with Crippen LogP contribution in [0.3, 0.4) is 0 Å². The van der Waals surface area contributed by atoms with E-state index >= 15 is 0 Å². The monoisotopic (exact) mass is 502 g/mol. The smallest absolute Gasteiger partial charge is 0.211 e. The van der Waals surface area contributed by atoms with Crippen molar-refractivity contribution in [1.82, 2.24) is 9.62 Å². The summed E-state index contributed by atoms with van der Waals surface area (Å²) < 4.78 is 38.8. The van der Waals surface area contributed by atoms with E-state index in [1.165, 1.54) is 11.8 Å². The van der Waals surface area contributed by atoms with Gasteiger partial charge in [-0.25, -0.2) is 8.42 Å². The fraction of sp³-hybridized carbons (Fsp3) is 0.556. The van der Waals surface area contributed by atoms with E-state index in [0.29, 0.717) is 24.8 Å². The lowest BCUT2D eigenvalue weighted by molar-refractivity contribution is 0.00773. The Morgan fingerprint density at radius 3 is 2.43 bits per heavy atom. The normalized spacial score (nSPS) is 27.3. The predicted octanol–water partition coefficient (Wildman–Crippen LogP) is 4.02. The molecule has 8 heteroatoms. The number of hydrogen-bond donors (Lipinski definition) is 2. The van der Waals surface area contributed by atoms with Crippen molar-refractivity contribution in [3.05, 3.63) is 59.7 Å². The zero-order valence-electron chi connectivity index (χ0n) is 20.9. The number of hydrogen-bond acceptors (Lipinski definition) is 6. The van der Waals surface area contributed by atoms with Crippen LogP contribution in [0.25, 0.3) is 0 Å². The third-order valence-corrected chi connectivity index (χ3v) is 8.63. The van der Waals surface area contributed by atoms with Gasteiger partial charge in [0.25, 0.3) is 0 Å². The summed E-state index contributed by atoms with van der Waals surface area (Å²) in [6.07, 6.45) is 6.21. The Balaban J connectivity index is 1.36. The van der Waals surface area contributed by atoms with Crippen LogP contribution in [0.15, 0.2) is 48.5 Å². The van der Waals surface area contributed by atoms with Gasteiger partial charge in [0.2, 0.25) is 10.0 Å². The average molecular weight is 503 g/mol. The Morgan fingerprint density at radius 2 is 1.80 bits per heavy atom. The van der Waals surface area contributed by atoms with E-state index in [-0.39, 0.29) is 24.2 Å². The lowest BCUT2D eigenvalue weighted by Crippen LogP contribution is -2.48. The van der Waals surface area contributed by atoms with Gasteiger partial charge in [-0.1, -0.05) is 24.3 Å². The maximum absolute atomic E-state index is 12.8. The van der Waals surface area contributed by atoms with E-state index in [9.17, 15) is 13.5 Å². The molecule has 1 saturated heterocycles. The van der Waals surface area contributed by atoms with Crippen molar-refractivity contribution >= 4 is 10.0 Å². The van der Waals surface area contributed by atoms with E-state index in [1.807, 2.05) is 36.4 Å². The largest absolute Gasteiger partial charge is 0.508 e. The summed E-state index contributed by atoms with van der Waals surface area (Å²) >= 11 is 0. The molecule has 0 amide bonds. The second-order valence-corrected chi connectivity index (χ2v) is 12.0. The van der Waals surface area contributed by atoms with Crippen LogP contribution in [-0.2, 0) is 21.3 Å². The second kappa shape index (κ2) is 11.3. The van der Waals surface area contributed by atoms with Crippen molar-refractivity contribution in [2.45, 2.75) is 75.7 Å². The molecular formula is C27H38N2O5S. The summed E-state index contributed by atoms with van der Waals surface area (Å²) in [5.74, 6) is 1.52. The standard InChI is InChI=1S/C27H38N2O5S/c1-19-15-27(29(35(3,31)32)17-20-7-11-24(33-2)12-8-20)26(28-19)18-34-25-13-9-21(10-14-25)22-5-4-6-23(30)16-22/h4-8,11-12,16,19,21,25-28,30H,9-10,13-15,17-18H2,1-3H3/t19-,21?,25?,26+,27?/m1/s1. The molecular weight excluding hydrogens is 464 g/mol. The Hall–Kier alpha value is -2.13. The topological polar surface area (TPSA) is 88.1 Å². The van der Waals surface area contributed by atoms with Crippen LogP contribution < -0.4 is 10.1 Å². The Labute approximate surface area is 209 Å². The molecule has 0 aromatic heterocycles. The minimum Gasteiger partial charge on any atom is -0.508 e. The van der Waals surface area contributed by atoms with Gasteiger partial charge < -0.3 is 19.9 Å². The number of phenols is 1. The molecule has 1 aliphatic heterocycles. The summed E-state index contributed by atoms with van der Waals surface area (Å²) in [7, 11) is -1.80. The van der Waals surface area contributed by atoms with Crippen LogP contribution in [0.2, 0.25) is 0 Å². The molecule has 7 nitrogen and oxygen atoms in total. The van der Waals surface area contributed by atoms with E-state index in [0.717, 1.165) is 43.4 Å². The summed E-state index contributed by atoms with van der Waals surface area (Å²) in [6, 6.07) is 15.1. The quantitative estimate of drug-likeness (QED) is 0.538. The Morgan fingerprint density at radius 1 is 1.09 bits per heavy atom. The first-order valence-corrected chi connectivity index (χ1v) is 14.3. The molecule has 192 valence electrons. The van der Waals surface area contributed by atoms with Gasteiger partial charge in [0.05, 0.1) is 26.1 Å². The molecule has 1 heterocycles. The first-order chi connectivity index (χ1) is 16.7. The molecule has 4 rings (SSSR count). The van der Waals surface area contributed by atoms with Crippen LogP contribution in [0.5, 0.6) is 11.5 Å². The fourth-order valence-electron chi connectivity index (χ4n) is 5.52. The average Bonchev–Trinajstić information content (AvgIpc) is 3.21. The van der Waals surface area contributed by atoms with Crippen molar-refractivity contribution in [2.75, 3.05) is 20.0 Å². The van der Waals surface area contributed by atoms with Crippen molar-refractivity contribution in [1.29, 1.82) is 0 Å². The van der Waals surface area contributed by atoms with Crippen molar-refractivity contribution in [3.63, 3.8) is 0 Å². The van der Waals surface area contributed by atoms with Crippen molar-refractivity contribution in [2.24, 2.45) is 0 Å². The van der Waals surface area contributed by atoms with Crippen LogP contribution in [0.4, 0.5) is 0 Å². The zero-order chi connectivity index (χ0) is 25.0. The summed E-state index contributed by atoms with van der Waals surface area (Å²) in [6.45, 7) is 2.92.